The molecule has 4 aromatic carbocycles. The Balaban J connectivity index is 0. The van der Waals surface area contributed by atoms with E-state index in [0.717, 1.165) is 58.0 Å². The van der Waals surface area contributed by atoms with E-state index in [1.54, 1.807) is 0 Å². The summed E-state index contributed by atoms with van der Waals surface area (Å²) in [6, 6.07) is 34.0. The Kier molecular flexibility index (Phi) is 30.1. The molecule has 7 nitrogen and oxygen atoms in total. The molecule has 0 aliphatic rings. The normalized spacial score (nSPS) is 12.6. The molecule has 2 unspecified atom stereocenters. The van der Waals surface area contributed by atoms with Gasteiger partial charge in [-0.1, -0.05) is 157 Å². The van der Waals surface area contributed by atoms with Crippen LogP contribution in [0.4, 0.5) is 0 Å². The molecule has 0 aliphatic carbocycles. The van der Waals surface area contributed by atoms with Gasteiger partial charge in [0.25, 0.3) is 0 Å². The number of amides is 2. The fourth-order valence-electron chi connectivity index (χ4n) is 6.64. The van der Waals surface area contributed by atoms with Crippen LogP contribution in [0, 0.1) is 5.92 Å². The van der Waals surface area contributed by atoms with Gasteiger partial charge in [0.15, 0.2) is 0 Å². The Hall–Kier alpha value is -3.95. The molecule has 4 rings (SSSR count). The van der Waals surface area contributed by atoms with E-state index in [4.69, 9.17) is 5.73 Å². The SMILES string of the molecule is C=Cc1ccc(CNC(=O)[C@@H](C)CC)cc1.C=Cc1ccc(C[N+](C)(C)C)cc1.CCC(CC(C)c1ccc(CNC(=O)[C@@H](N)CC)cc1)c1ccc(C[N+](C)(C)C)cc1.[Cl-].[Cl-].[Cl-]. The van der Waals surface area contributed by atoms with Gasteiger partial charge in [-0.3, -0.25) is 9.59 Å². The molecule has 0 bridgehead atoms. The van der Waals surface area contributed by atoms with Gasteiger partial charge in [0, 0.05) is 30.1 Å². The lowest BCUT2D eigenvalue weighted by Crippen LogP contribution is -3.00. The minimum absolute atomic E-state index is 0. The number of quaternary nitrogens is 2. The summed E-state index contributed by atoms with van der Waals surface area (Å²) in [6.07, 6.45) is 7.48. The molecule has 0 spiro atoms. The topological polar surface area (TPSA) is 84.2 Å². The Bertz CT molecular complexity index is 1870. The van der Waals surface area contributed by atoms with Crippen LogP contribution in [0.3, 0.4) is 0 Å². The van der Waals surface area contributed by atoms with Crippen molar-refractivity contribution in [1.82, 2.24) is 10.6 Å². The largest absolute Gasteiger partial charge is 1.00 e. The Morgan fingerprint density at radius 3 is 1.29 bits per heavy atom. The fraction of sp³-hybridized carbons (Fsp3) is 0.434. The second-order valence-corrected chi connectivity index (χ2v) is 18.3. The molecule has 0 saturated carbocycles. The quantitative estimate of drug-likeness (QED) is 0.125. The lowest BCUT2D eigenvalue weighted by atomic mass is 9.84. The van der Waals surface area contributed by atoms with Crippen LogP contribution in [0.25, 0.3) is 12.2 Å². The number of hydrogen-bond acceptors (Lipinski definition) is 3. The van der Waals surface area contributed by atoms with Gasteiger partial charge in [-0.2, -0.15) is 0 Å². The predicted octanol–water partition coefficient (Wildman–Crippen LogP) is 1.47. The summed E-state index contributed by atoms with van der Waals surface area (Å²) >= 11 is 0. The molecule has 63 heavy (non-hydrogen) atoms. The highest BCUT2D eigenvalue weighted by Crippen LogP contribution is 2.32. The summed E-state index contributed by atoms with van der Waals surface area (Å²) in [5.74, 6) is 1.16. The van der Waals surface area contributed by atoms with E-state index in [-0.39, 0.29) is 55.0 Å². The molecular weight excluding hydrogens is 845 g/mol. The number of carbonyl (C=O) groups excluding carboxylic acids is 2. The lowest BCUT2D eigenvalue weighted by molar-refractivity contribution is -0.884. The van der Waals surface area contributed by atoms with Crippen LogP contribution < -0.4 is 53.6 Å². The van der Waals surface area contributed by atoms with Crippen molar-refractivity contribution < 1.29 is 55.8 Å². The van der Waals surface area contributed by atoms with Gasteiger partial charge < -0.3 is 62.6 Å². The molecule has 0 heterocycles. The standard InChI is InChI=1S/C27H41N3O.C14H19NO.C12H18N.3ClH/c1-7-23(25-15-11-22(12-16-25)19-30(4,5)6)17-20(3)24-13-9-21(10-14-24)18-29-27(31)26(28)8-2;1-4-11(3)14(16)15-10-13-8-6-12(5-2)7-9-13;1-5-11-6-8-12(9-7-11)10-13(2,3)4;;;/h9-16,20,23,26H,7-8,17-19,28H2,1-6H3;5-9,11H,2,4,10H2,1,3H3,(H,15,16);5-9H,1,10H2,2-4H3;3*1H/q;;+1;;;/p-2/t20?,23?,26-;11-;;;;/m00..../s1. The first-order chi connectivity index (χ1) is 28.3. The number of benzene rings is 4. The third kappa shape index (κ3) is 24.6. The first kappa shape index (κ1) is 61.1. The molecule has 350 valence electrons. The minimum atomic E-state index is -0.424. The van der Waals surface area contributed by atoms with Gasteiger partial charge in [0.1, 0.15) is 13.1 Å². The molecule has 4 aromatic rings. The fourth-order valence-corrected chi connectivity index (χ4v) is 6.64. The van der Waals surface area contributed by atoms with Crippen molar-refractivity contribution in [1.29, 1.82) is 0 Å². The minimum Gasteiger partial charge on any atom is -1.00 e. The highest BCUT2D eigenvalue weighted by Gasteiger charge is 2.17. The maximum Gasteiger partial charge on any atom is 0.237 e. The van der Waals surface area contributed by atoms with Crippen LogP contribution in [0.5, 0.6) is 0 Å². The van der Waals surface area contributed by atoms with Crippen LogP contribution in [0.15, 0.2) is 110 Å². The maximum atomic E-state index is 11.9. The predicted molar refractivity (Wildman–Crippen MR) is 257 cm³/mol. The number of nitrogens with two attached hydrogens (primary N) is 1. The average molecular weight is 925 g/mol. The van der Waals surface area contributed by atoms with Crippen LogP contribution in [-0.4, -0.2) is 69.1 Å². The van der Waals surface area contributed by atoms with E-state index in [9.17, 15) is 9.59 Å². The smallest absolute Gasteiger partial charge is 0.237 e. The molecule has 0 aromatic heterocycles. The number of nitrogens with zero attached hydrogens (tertiary/aromatic N) is 2. The van der Waals surface area contributed by atoms with Crippen molar-refractivity contribution in [3.05, 3.63) is 155 Å². The monoisotopic (exact) mass is 923 g/mol. The van der Waals surface area contributed by atoms with Crippen molar-refractivity contribution in [2.24, 2.45) is 11.7 Å². The van der Waals surface area contributed by atoms with Gasteiger partial charge in [-0.05, 0) is 70.9 Å². The molecule has 10 heteroatoms. The third-order valence-electron chi connectivity index (χ3n) is 10.6. The Morgan fingerprint density at radius 1 is 0.556 bits per heavy atom. The molecular formula is C53H79Cl3N5O2-. The van der Waals surface area contributed by atoms with E-state index in [1.165, 1.54) is 27.8 Å². The first-order valence-corrected chi connectivity index (χ1v) is 21.8. The van der Waals surface area contributed by atoms with Crippen LogP contribution in [0.2, 0.25) is 0 Å². The first-order valence-electron chi connectivity index (χ1n) is 21.8. The van der Waals surface area contributed by atoms with Gasteiger partial charge in [0.2, 0.25) is 11.8 Å². The van der Waals surface area contributed by atoms with Crippen molar-refractivity contribution in [2.75, 3.05) is 42.3 Å². The molecule has 4 N–H and O–H groups in total. The molecule has 0 aliphatic heterocycles. The number of hydrogen-bond donors (Lipinski definition) is 3. The van der Waals surface area contributed by atoms with E-state index >= 15 is 0 Å². The van der Waals surface area contributed by atoms with Crippen LogP contribution in [-0.2, 0) is 35.8 Å². The van der Waals surface area contributed by atoms with E-state index in [0.29, 0.717) is 31.3 Å². The summed E-state index contributed by atoms with van der Waals surface area (Å²) < 4.78 is 1.91. The summed E-state index contributed by atoms with van der Waals surface area (Å²) in [5, 5.41) is 5.84. The summed E-state index contributed by atoms with van der Waals surface area (Å²) in [5.41, 5.74) is 15.8. The van der Waals surface area contributed by atoms with E-state index in [1.807, 2.05) is 57.2 Å². The number of carbonyl (C=O) groups is 2. The zero-order valence-electron chi connectivity index (χ0n) is 40.2. The van der Waals surface area contributed by atoms with Crippen molar-refractivity contribution >= 4 is 24.0 Å². The molecule has 4 atom stereocenters. The molecule has 0 fully saturated rings. The van der Waals surface area contributed by atoms with E-state index < -0.39 is 6.04 Å². The lowest BCUT2D eigenvalue weighted by Gasteiger charge is -2.25. The zero-order valence-corrected chi connectivity index (χ0v) is 42.5. The maximum absolute atomic E-state index is 11.9. The molecule has 0 radical (unpaired) electrons. The van der Waals surface area contributed by atoms with Crippen molar-refractivity contribution in [2.45, 2.75) is 104 Å². The van der Waals surface area contributed by atoms with Crippen molar-refractivity contribution in [3.8, 4) is 0 Å². The number of halogens is 3. The summed E-state index contributed by atoms with van der Waals surface area (Å²) in [4.78, 5) is 23.4. The second-order valence-electron chi connectivity index (χ2n) is 18.3. The second kappa shape index (κ2) is 31.0. The summed E-state index contributed by atoms with van der Waals surface area (Å²) in [7, 11) is 13.3. The number of nitrogens with one attached hydrogen (secondary N) is 2. The summed E-state index contributed by atoms with van der Waals surface area (Å²) in [6.45, 7) is 21.1. The van der Waals surface area contributed by atoms with Crippen molar-refractivity contribution in [3.63, 3.8) is 0 Å². The average Bonchev–Trinajstić information content (AvgIpc) is 3.23. The Labute approximate surface area is 401 Å². The van der Waals surface area contributed by atoms with Gasteiger partial charge in [-0.25, -0.2) is 0 Å². The highest BCUT2D eigenvalue weighted by molar-refractivity contribution is 5.81. The van der Waals surface area contributed by atoms with Gasteiger partial charge >= 0.3 is 0 Å². The van der Waals surface area contributed by atoms with Crippen LogP contribution in [0.1, 0.15) is 117 Å². The molecule has 2 amide bonds. The highest BCUT2D eigenvalue weighted by atomic mass is 35.5. The molecule has 0 saturated heterocycles. The van der Waals surface area contributed by atoms with E-state index in [2.05, 4.69) is 153 Å². The Morgan fingerprint density at radius 2 is 0.921 bits per heavy atom. The number of rotatable bonds is 19. The zero-order chi connectivity index (χ0) is 44.9. The van der Waals surface area contributed by atoms with Crippen LogP contribution >= 0.6 is 0 Å². The van der Waals surface area contributed by atoms with Gasteiger partial charge in [-0.15, -0.1) is 0 Å². The third-order valence-corrected chi connectivity index (χ3v) is 10.6. The van der Waals surface area contributed by atoms with Gasteiger partial charge in [0.05, 0.1) is 48.3 Å².